The Morgan fingerprint density at radius 2 is 1.88 bits per heavy atom. The van der Waals surface area contributed by atoms with Crippen LogP contribution < -0.4 is 0 Å². The van der Waals surface area contributed by atoms with Crippen molar-refractivity contribution in [2.75, 3.05) is 32.7 Å². The van der Waals surface area contributed by atoms with Gasteiger partial charge < -0.3 is 9.42 Å². The average Bonchev–Trinajstić information content (AvgIpc) is 3.39. The van der Waals surface area contributed by atoms with Crippen LogP contribution in [0.15, 0.2) is 53.7 Å². The van der Waals surface area contributed by atoms with Gasteiger partial charge in [0.2, 0.25) is 0 Å². The van der Waals surface area contributed by atoms with Crippen molar-refractivity contribution in [3.8, 4) is 11.3 Å². The molecule has 2 aromatic heterocycles. The first-order valence-electron chi connectivity index (χ1n) is 8.65. The average molecular weight is 352 g/mol. The van der Waals surface area contributed by atoms with Gasteiger partial charge in [0.05, 0.1) is 12.7 Å². The Kier molecular flexibility index (Phi) is 4.74. The summed E-state index contributed by atoms with van der Waals surface area (Å²) in [5.74, 6) is 0.505. The number of piperazine rings is 1. The summed E-state index contributed by atoms with van der Waals surface area (Å²) in [6.45, 7) is 4.76. The van der Waals surface area contributed by atoms with Gasteiger partial charge in [-0.1, -0.05) is 35.5 Å². The molecule has 0 spiro atoms. The number of amides is 1. The van der Waals surface area contributed by atoms with Crippen LogP contribution in [0.3, 0.4) is 0 Å². The first kappa shape index (κ1) is 16.5. The third-order valence-corrected chi connectivity index (χ3v) is 4.61. The van der Waals surface area contributed by atoms with Gasteiger partial charge in [0.15, 0.2) is 5.76 Å². The molecule has 3 aromatic rings. The van der Waals surface area contributed by atoms with E-state index in [0.29, 0.717) is 24.4 Å². The summed E-state index contributed by atoms with van der Waals surface area (Å²) in [4.78, 5) is 21.0. The molecule has 0 atom stereocenters. The van der Waals surface area contributed by atoms with E-state index in [1.165, 1.54) is 6.20 Å². The molecule has 0 saturated carbocycles. The minimum absolute atomic E-state index is 0.0268. The molecule has 1 aliphatic rings. The van der Waals surface area contributed by atoms with Crippen LogP contribution in [0.1, 0.15) is 10.4 Å². The fraction of sp³-hybridized carbons (Fsp3) is 0.333. The Balaban J connectivity index is 1.36. The Morgan fingerprint density at radius 1 is 1.08 bits per heavy atom. The fourth-order valence-corrected chi connectivity index (χ4v) is 3.13. The molecule has 1 aromatic carbocycles. The number of hydrogen-bond donors (Lipinski definition) is 0. The van der Waals surface area contributed by atoms with Gasteiger partial charge in [-0.25, -0.2) is 4.98 Å². The number of rotatable bonds is 5. The van der Waals surface area contributed by atoms with Crippen LogP contribution in [0.2, 0.25) is 0 Å². The van der Waals surface area contributed by atoms with Crippen molar-refractivity contribution >= 4 is 5.91 Å². The van der Waals surface area contributed by atoms with Crippen molar-refractivity contribution in [1.29, 1.82) is 0 Å². The molecule has 0 radical (unpaired) electrons. The van der Waals surface area contributed by atoms with Crippen molar-refractivity contribution in [3.05, 3.63) is 54.7 Å². The lowest BCUT2D eigenvalue weighted by Crippen LogP contribution is -2.49. The summed E-state index contributed by atoms with van der Waals surface area (Å²) >= 11 is 0. The molecule has 0 bridgehead atoms. The highest BCUT2D eigenvalue weighted by atomic mass is 16.5. The number of benzene rings is 1. The number of nitrogens with zero attached hydrogens (tertiary/aromatic N) is 6. The topological polar surface area (TPSA) is 80.3 Å². The highest BCUT2D eigenvalue weighted by Crippen LogP contribution is 2.24. The fourth-order valence-electron chi connectivity index (χ4n) is 3.13. The lowest BCUT2D eigenvalue weighted by molar-refractivity contribution is 0.0632. The van der Waals surface area contributed by atoms with Crippen LogP contribution >= 0.6 is 0 Å². The van der Waals surface area contributed by atoms with Crippen molar-refractivity contribution < 1.29 is 9.32 Å². The molecule has 0 N–H and O–H groups in total. The van der Waals surface area contributed by atoms with Gasteiger partial charge in [0.25, 0.3) is 5.91 Å². The van der Waals surface area contributed by atoms with Crippen LogP contribution in [0.4, 0.5) is 0 Å². The van der Waals surface area contributed by atoms with Crippen LogP contribution in [-0.2, 0) is 6.54 Å². The van der Waals surface area contributed by atoms with E-state index in [0.717, 1.165) is 31.7 Å². The van der Waals surface area contributed by atoms with Crippen LogP contribution in [-0.4, -0.2) is 68.4 Å². The van der Waals surface area contributed by atoms with E-state index in [1.54, 1.807) is 12.7 Å². The van der Waals surface area contributed by atoms with Crippen molar-refractivity contribution in [2.24, 2.45) is 0 Å². The Bertz CT molecular complexity index is 838. The standard InChI is InChI=1S/C18H20N6O2/c25-18(16-12-21-26-17(16)15-4-2-1-3-5-15)23-9-6-22(7-10-23)8-11-24-14-19-13-20-24/h1-5,12-14H,6-11H2. The summed E-state index contributed by atoms with van der Waals surface area (Å²) < 4.78 is 7.16. The normalized spacial score (nSPS) is 15.3. The summed E-state index contributed by atoms with van der Waals surface area (Å²) in [6, 6.07) is 9.60. The quantitative estimate of drug-likeness (QED) is 0.690. The molecule has 0 unspecified atom stereocenters. The molecule has 26 heavy (non-hydrogen) atoms. The smallest absolute Gasteiger partial charge is 0.259 e. The van der Waals surface area contributed by atoms with Gasteiger partial charge in [-0.05, 0) is 0 Å². The Morgan fingerprint density at radius 3 is 2.62 bits per heavy atom. The second-order valence-corrected chi connectivity index (χ2v) is 6.23. The molecule has 1 aliphatic heterocycles. The Labute approximate surface area is 151 Å². The molecule has 8 nitrogen and oxygen atoms in total. The predicted molar refractivity (Wildman–Crippen MR) is 94.3 cm³/mol. The predicted octanol–water partition coefficient (Wildman–Crippen LogP) is 1.39. The molecule has 3 heterocycles. The lowest BCUT2D eigenvalue weighted by Gasteiger charge is -2.34. The zero-order valence-corrected chi connectivity index (χ0v) is 14.4. The van der Waals surface area contributed by atoms with E-state index < -0.39 is 0 Å². The summed E-state index contributed by atoms with van der Waals surface area (Å²) in [5, 5.41) is 7.95. The van der Waals surface area contributed by atoms with Crippen molar-refractivity contribution in [2.45, 2.75) is 6.54 Å². The zero-order chi connectivity index (χ0) is 17.8. The molecular formula is C18H20N6O2. The van der Waals surface area contributed by atoms with Gasteiger partial charge in [-0.3, -0.25) is 14.4 Å². The molecule has 1 saturated heterocycles. The second kappa shape index (κ2) is 7.49. The largest absolute Gasteiger partial charge is 0.355 e. The molecular weight excluding hydrogens is 332 g/mol. The Hall–Kier alpha value is -3.00. The van der Waals surface area contributed by atoms with Gasteiger partial charge >= 0.3 is 0 Å². The number of aromatic nitrogens is 4. The molecule has 134 valence electrons. The third-order valence-electron chi connectivity index (χ3n) is 4.61. The van der Waals surface area contributed by atoms with Gasteiger partial charge in [-0.15, -0.1) is 0 Å². The van der Waals surface area contributed by atoms with E-state index >= 15 is 0 Å². The SMILES string of the molecule is O=C(c1cnoc1-c1ccccc1)N1CCN(CCn2cncn2)CC1. The highest BCUT2D eigenvalue weighted by Gasteiger charge is 2.26. The number of hydrogen-bond acceptors (Lipinski definition) is 6. The molecule has 1 amide bonds. The van der Waals surface area contributed by atoms with Crippen LogP contribution in [0.5, 0.6) is 0 Å². The van der Waals surface area contributed by atoms with E-state index in [9.17, 15) is 4.79 Å². The maximum atomic E-state index is 12.9. The monoisotopic (exact) mass is 352 g/mol. The molecule has 4 rings (SSSR count). The van der Waals surface area contributed by atoms with Crippen LogP contribution in [0, 0.1) is 0 Å². The summed E-state index contributed by atoms with van der Waals surface area (Å²) in [5.41, 5.74) is 1.38. The first-order valence-corrected chi connectivity index (χ1v) is 8.65. The molecule has 8 heteroatoms. The maximum absolute atomic E-state index is 12.9. The van der Waals surface area contributed by atoms with Gasteiger partial charge in [-0.2, -0.15) is 5.10 Å². The van der Waals surface area contributed by atoms with E-state index in [-0.39, 0.29) is 5.91 Å². The van der Waals surface area contributed by atoms with Crippen LogP contribution in [0.25, 0.3) is 11.3 Å². The van der Waals surface area contributed by atoms with Gasteiger partial charge in [0.1, 0.15) is 18.2 Å². The van der Waals surface area contributed by atoms with E-state index in [2.05, 4.69) is 20.1 Å². The summed E-state index contributed by atoms with van der Waals surface area (Å²) in [6.07, 6.45) is 4.78. The maximum Gasteiger partial charge on any atom is 0.259 e. The first-order chi connectivity index (χ1) is 12.8. The van der Waals surface area contributed by atoms with E-state index in [4.69, 9.17) is 4.52 Å². The van der Waals surface area contributed by atoms with Gasteiger partial charge in [0, 0.05) is 38.3 Å². The molecule has 1 fully saturated rings. The number of carbonyl (C=O) groups excluding carboxylic acids is 1. The van der Waals surface area contributed by atoms with Crippen molar-refractivity contribution in [1.82, 2.24) is 29.7 Å². The molecule has 0 aliphatic carbocycles. The minimum Gasteiger partial charge on any atom is -0.355 e. The zero-order valence-electron chi connectivity index (χ0n) is 14.4. The third kappa shape index (κ3) is 3.50. The summed E-state index contributed by atoms with van der Waals surface area (Å²) in [7, 11) is 0. The highest BCUT2D eigenvalue weighted by molar-refractivity contribution is 5.99. The lowest BCUT2D eigenvalue weighted by atomic mass is 10.1. The minimum atomic E-state index is -0.0268. The van der Waals surface area contributed by atoms with Crippen molar-refractivity contribution in [3.63, 3.8) is 0 Å². The second-order valence-electron chi connectivity index (χ2n) is 6.23. The van der Waals surface area contributed by atoms with E-state index in [1.807, 2.05) is 39.9 Å². The number of carbonyl (C=O) groups is 1.